The Balaban J connectivity index is 2.47. The van der Waals surface area contributed by atoms with Gasteiger partial charge in [0, 0.05) is 14.1 Å². The summed E-state index contributed by atoms with van der Waals surface area (Å²) in [4.78, 5) is 1.87. The lowest BCUT2D eigenvalue weighted by Gasteiger charge is -2.10. The van der Waals surface area contributed by atoms with Crippen LogP contribution in [0.4, 0.5) is 5.95 Å². The predicted molar refractivity (Wildman–Crippen MR) is 53.5 cm³/mol. The molecule has 0 amide bonds. The molecule has 0 N–H and O–H groups in total. The molecule has 72 valence electrons. The molecule has 0 spiro atoms. The van der Waals surface area contributed by atoms with E-state index < -0.39 is 0 Å². The second kappa shape index (κ2) is 3.45. The van der Waals surface area contributed by atoms with Crippen LogP contribution in [-0.4, -0.2) is 34.3 Å². The molecule has 0 aliphatic heterocycles. The summed E-state index contributed by atoms with van der Waals surface area (Å²) in [7, 11) is 3.82. The molecule has 1 aromatic heterocycles. The Bertz CT molecular complexity index is 406. The number of para-hydroxylation sites is 1. The van der Waals surface area contributed by atoms with Crippen LogP contribution in [0.5, 0.6) is 0 Å². The Labute approximate surface area is 82.0 Å². The summed E-state index contributed by atoms with van der Waals surface area (Å²) < 4.78 is 1.69. The van der Waals surface area contributed by atoms with Gasteiger partial charge in [-0.15, -0.1) is 0 Å². The van der Waals surface area contributed by atoms with Gasteiger partial charge in [-0.25, -0.2) is 0 Å². The summed E-state index contributed by atoms with van der Waals surface area (Å²) in [6.45, 7) is 0. The third-order valence-corrected chi connectivity index (χ3v) is 1.85. The first-order valence-corrected chi connectivity index (χ1v) is 4.30. The van der Waals surface area contributed by atoms with Gasteiger partial charge in [-0.2, -0.15) is 4.68 Å². The van der Waals surface area contributed by atoms with Crippen molar-refractivity contribution in [1.82, 2.24) is 20.2 Å². The highest BCUT2D eigenvalue weighted by molar-refractivity contribution is 5.39. The fourth-order valence-corrected chi connectivity index (χ4v) is 1.20. The van der Waals surface area contributed by atoms with E-state index in [0.717, 1.165) is 11.6 Å². The third kappa shape index (κ3) is 1.44. The van der Waals surface area contributed by atoms with Crippen molar-refractivity contribution >= 4 is 5.95 Å². The van der Waals surface area contributed by atoms with E-state index in [1.54, 1.807) is 4.68 Å². The van der Waals surface area contributed by atoms with E-state index in [4.69, 9.17) is 0 Å². The van der Waals surface area contributed by atoms with E-state index >= 15 is 0 Å². The molecule has 0 bridgehead atoms. The molecule has 1 heterocycles. The van der Waals surface area contributed by atoms with Crippen molar-refractivity contribution in [2.24, 2.45) is 0 Å². The zero-order valence-corrected chi connectivity index (χ0v) is 8.12. The largest absolute Gasteiger partial charge is 0.345 e. The van der Waals surface area contributed by atoms with Crippen LogP contribution in [-0.2, 0) is 0 Å². The van der Waals surface area contributed by atoms with Crippen LogP contribution in [0.25, 0.3) is 5.69 Å². The van der Waals surface area contributed by atoms with Crippen molar-refractivity contribution in [1.29, 1.82) is 0 Å². The van der Waals surface area contributed by atoms with E-state index in [0.29, 0.717) is 0 Å². The molecule has 0 aliphatic carbocycles. The number of rotatable bonds is 2. The van der Waals surface area contributed by atoms with Crippen LogP contribution in [0.2, 0.25) is 0 Å². The minimum absolute atomic E-state index is 0.719. The number of aromatic nitrogens is 4. The predicted octanol–water partition coefficient (Wildman–Crippen LogP) is 0.728. The number of anilines is 1. The Hall–Kier alpha value is -1.91. The van der Waals surface area contributed by atoms with Gasteiger partial charge in [-0.05, 0) is 22.6 Å². The maximum absolute atomic E-state index is 3.92. The first-order chi connectivity index (χ1) is 6.79. The lowest BCUT2D eigenvalue weighted by Crippen LogP contribution is -2.15. The minimum Gasteiger partial charge on any atom is -0.345 e. The molecule has 0 unspecified atom stereocenters. The molecule has 5 nitrogen and oxygen atoms in total. The molecule has 2 rings (SSSR count). The van der Waals surface area contributed by atoms with Crippen LogP contribution in [0, 0.1) is 0 Å². The smallest absolute Gasteiger partial charge is 0.249 e. The van der Waals surface area contributed by atoms with Crippen LogP contribution >= 0.6 is 0 Å². The van der Waals surface area contributed by atoms with Gasteiger partial charge in [0.2, 0.25) is 5.95 Å². The summed E-state index contributed by atoms with van der Waals surface area (Å²) in [6, 6.07) is 9.79. The van der Waals surface area contributed by atoms with E-state index in [2.05, 4.69) is 15.5 Å². The van der Waals surface area contributed by atoms with Crippen LogP contribution < -0.4 is 4.90 Å². The Morgan fingerprint density at radius 3 is 2.50 bits per heavy atom. The highest BCUT2D eigenvalue weighted by Crippen LogP contribution is 2.11. The van der Waals surface area contributed by atoms with Crippen molar-refractivity contribution in [2.75, 3.05) is 19.0 Å². The second-order valence-corrected chi connectivity index (χ2v) is 3.12. The number of hydrogen-bond acceptors (Lipinski definition) is 4. The zero-order valence-electron chi connectivity index (χ0n) is 8.12. The van der Waals surface area contributed by atoms with Crippen molar-refractivity contribution in [2.45, 2.75) is 0 Å². The summed E-state index contributed by atoms with van der Waals surface area (Å²) in [5.41, 5.74) is 0.959. The molecular weight excluding hydrogens is 178 g/mol. The zero-order chi connectivity index (χ0) is 9.97. The molecule has 0 fully saturated rings. The average molecular weight is 189 g/mol. The van der Waals surface area contributed by atoms with Crippen LogP contribution in [0.15, 0.2) is 30.3 Å². The maximum atomic E-state index is 3.92. The molecule has 2 aromatic rings. The normalized spacial score (nSPS) is 10.1. The van der Waals surface area contributed by atoms with E-state index in [1.807, 2.05) is 49.3 Å². The minimum atomic E-state index is 0.719. The van der Waals surface area contributed by atoms with Gasteiger partial charge < -0.3 is 4.90 Å². The molecule has 0 saturated heterocycles. The lowest BCUT2D eigenvalue weighted by atomic mass is 10.3. The molecule has 1 aromatic carbocycles. The SMILES string of the molecule is CN(C)c1nnnn1-c1ccccc1. The fraction of sp³-hybridized carbons (Fsp3) is 0.222. The van der Waals surface area contributed by atoms with Crippen molar-refractivity contribution in [3.63, 3.8) is 0 Å². The maximum Gasteiger partial charge on any atom is 0.249 e. The summed E-state index contributed by atoms with van der Waals surface area (Å²) in [5, 5.41) is 11.5. The number of hydrogen-bond donors (Lipinski definition) is 0. The summed E-state index contributed by atoms with van der Waals surface area (Å²) in [6.07, 6.45) is 0. The van der Waals surface area contributed by atoms with Crippen LogP contribution in [0.3, 0.4) is 0 Å². The van der Waals surface area contributed by atoms with Gasteiger partial charge >= 0.3 is 0 Å². The molecule has 0 saturated carbocycles. The lowest BCUT2D eigenvalue weighted by molar-refractivity contribution is 0.784. The Kier molecular flexibility index (Phi) is 2.14. The van der Waals surface area contributed by atoms with E-state index in [1.165, 1.54) is 0 Å². The first kappa shape index (κ1) is 8.68. The summed E-state index contributed by atoms with van der Waals surface area (Å²) >= 11 is 0. The van der Waals surface area contributed by atoms with Gasteiger partial charge in [-0.3, -0.25) is 0 Å². The summed E-state index contributed by atoms with van der Waals surface area (Å²) in [5.74, 6) is 0.719. The molecule has 0 atom stereocenters. The number of benzene rings is 1. The van der Waals surface area contributed by atoms with Crippen molar-refractivity contribution in [3.05, 3.63) is 30.3 Å². The van der Waals surface area contributed by atoms with Gasteiger partial charge in [-0.1, -0.05) is 23.3 Å². The number of tetrazole rings is 1. The van der Waals surface area contributed by atoms with Gasteiger partial charge in [0.25, 0.3) is 0 Å². The van der Waals surface area contributed by atoms with Crippen molar-refractivity contribution < 1.29 is 0 Å². The second-order valence-electron chi connectivity index (χ2n) is 3.12. The monoisotopic (exact) mass is 189 g/mol. The third-order valence-electron chi connectivity index (χ3n) is 1.85. The Morgan fingerprint density at radius 2 is 1.86 bits per heavy atom. The van der Waals surface area contributed by atoms with Gasteiger partial charge in [0.15, 0.2) is 0 Å². The van der Waals surface area contributed by atoms with E-state index in [-0.39, 0.29) is 0 Å². The molecule has 5 heteroatoms. The molecule has 0 aliphatic rings. The first-order valence-electron chi connectivity index (χ1n) is 4.30. The quantitative estimate of drug-likeness (QED) is 0.698. The highest BCUT2D eigenvalue weighted by Gasteiger charge is 2.08. The average Bonchev–Trinajstić information content (AvgIpc) is 2.67. The number of nitrogens with zero attached hydrogens (tertiary/aromatic N) is 5. The van der Waals surface area contributed by atoms with Crippen molar-refractivity contribution in [3.8, 4) is 5.69 Å². The van der Waals surface area contributed by atoms with Crippen LogP contribution in [0.1, 0.15) is 0 Å². The Morgan fingerprint density at radius 1 is 1.14 bits per heavy atom. The highest BCUT2D eigenvalue weighted by atomic mass is 15.6. The standard InChI is InChI=1S/C9H11N5/c1-13(2)9-10-11-12-14(9)8-6-4-3-5-7-8/h3-7H,1-2H3. The topological polar surface area (TPSA) is 46.8 Å². The fourth-order valence-electron chi connectivity index (χ4n) is 1.20. The van der Waals surface area contributed by atoms with E-state index in [9.17, 15) is 0 Å². The molecule has 14 heavy (non-hydrogen) atoms. The molecular formula is C9H11N5. The van der Waals surface area contributed by atoms with Gasteiger partial charge in [0.1, 0.15) is 0 Å². The molecule has 0 radical (unpaired) electrons. The van der Waals surface area contributed by atoms with Gasteiger partial charge in [0.05, 0.1) is 5.69 Å².